The van der Waals surface area contributed by atoms with Crippen LogP contribution >= 0.6 is 11.8 Å². The molecule has 0 radical (unpaired) electrons. The van der Waals surface area contributed by atoms with Gasteiger partial charge >= 0.3 is 11.9 Å². The minimum atomic E-state index is -1.19. The Labute approximate surface area is 107 Å². The molecule has 0 atom stereocenters. The molecular formula is C12H22O4S. The largest absolute Gasteiger partial charge is 0.468 e. The Hall–Kier alpha value is -0.710. The van der Waals surface area contributed by atoms with Crippen LogP contribution in [0.25, 0.3) is 0 Å². The molecule has 0 aromatic heterocycles. The molecule has 4 nitrogen and oxygen atoms in total. The molecule has 0 aromatic rings. The predicted molar refractivity (Wildman–Crippen MR) is 69.0 cm³/mol. The zero-order chi connectivity index (χ0) is 13.7. The fourth-order valence-electron chi connectivity index (χ4n) is 1.32. The highest BCUT2D eigenvalue weighted by Gasteiger charge is 2.47. The molecule has 0 unspecified atom stereocenters. The van der Waals surface area contributed by atoms with Crippen LogP contribution in [0.5, 0.6) is 0 Å². The lowest BCUT2D eigenvalue weighted by atomic mass is 9.87. The summed E-state index contributed by atoms with van der Waals surface area (Å²) >= 11 is 1.55. The maximum atomic E-state index is 11.8. The SMILES string of the molecule is CCC(CSC(C)(C)C)(C(=O)OC)C(=O)OC. The van der Waals surface area contributed by atoms with Gasteiger partial charge in [-0.15, -0.1) is 0 Å². The monoisotopic (exact) mass is 262 g/mol. The molecule has 100 valence electrons. The van der Waals surface area contributed by atoms with E-state index in [2.05, 4.69) is 0 Å². The maximum Gasteiger partial charge on any atom is 0.324 e. The van der Waals surface area contributed by atoms with Gasteiger partial charge in [-0.25, -0.2) is 0 Å². The first kappa shape index (κ1) is 16.3. The van der Waals surface area contributed by atoms with Gasteiger partial charge in [-0.1, -0.05) is 27.7 Å². The minimum Gasteiger partial charge on any atom is -0.468 e. The standard InChI is InChI=1S/C12H22O4S/c1-7-12(9(13)15-5,10(14)16-6)8-17-11(2,3)4/h7-8H2,1-6H3. The number of hydrogen-bond donors (Lipinski definition) is 0. The molecule has 0 amide bonds. The van der Waals surface area contributed by atoms with Crippen molar-refractivity contribution < 1.29 is 19.1 Å². The number of methoxy groups -OCH3 is 2. The zero-order valence-corrected chi connectivity index (χ0v) is 12.3. The summed E-state index contributed by atoms with van der Waals surface area (Å²) in [5, 5.41) is 0. The van der Waals surface area contributed by atoms with Gasteiger partial charge in [-0.3, -0.25) is 9.59 Å². The van der Waals surface area contributed by atoms with Crippen LogP contribution in [0.3, 0.4) is 0 Å². The Bertz CT molecular complexity index is 265. The van der Waals surface area contributed by atoms with Crippen LogP contribution < -0.4 is 0 Å². The van der Waals surface area contributed by atoms with E-state index in [0.717, 1.165) is 0 Å². The molecule has 17 heavy (non-hydrogen) atoms. The maximum absolute atomic E-state index is 11.8. The molecular weight excluding hydrogens is 240 g/mol. The summed E-state index contributed by atoms with van der Waals surface area (Å²) in [4.78, 5) is 23.7. The Morgan fingerprint density at radius 1 is 1.06 bits per heavy atom. The molecule has 5 heteroatoms. The number of carbonyl (C=O) groups excluding carboxylic acids is 2. The van der Waals surface area contributed by atoms with Crippen molar-refractivity contribution >= 4 is 23.7 Å². The van der Waals surface area contributed by atoms with E-state index < -0.39 is 17.4 Å². The molecule has 0 aliphatic heterocycles. The summed E-state index contributed by atoms with van der Waals surface area (Å²) in [5.74, 6) is -0.681. The fraction of sp³-hybridized carbons (Fsp3) is 0.833. The summed E-state index contributed by atoms with van der Waals surface area (Å²) in [7, 11) is 2.58. The Balaban J connectivity index is 5.07. The van der Waals surface area contributed by atoms with Gasteiger partial charge in [-0.05, 0) is 6.42 Å². The van der Waals surface area contributed by atoms with Crippen molar-refractivity contribution in [3.05, 3.63) is 0 Å². The van der Waals surface area contributed by atoms with Crippen LogP contribution in [0, 0.1) is 5.41 Å². The van der Waals surface area contributed by atoms with Gasteiger partial charge in [-0.2, -0.15) is 11.8 Å². The highest BCUT2D eigenvalue weighted by Crippen LogP contribution is 2.35. The number of carbonyl (C=O) groups is 2. The summed E-state index contributed by atoms with van der Waals surface area (Å²) in [6.45, 7) is 7.89. The molecule has 0 fully saturated rings. The van der Waals surface area contributed by atoms with Crippen LogP contribution in [0.1, 0.15) is 34.1 Å². The van der Waals surface area contributed by atoms with E-state index in [1.165, 1.54) is 14.2 Å². The van der Waals surface area contributed by atoms with Gasteiger partial charge in [0.25, 0.3) is 0 Å². The molecule has 0 spiro atoms. The van der Waals surface area contributed by atoms with Gasteiger partial charge in [0.2, 0.25) is 0 Å². The molecule has 0 bridgehead atoms. The molecule has 0 heterocycles. The number of ether oxygens (including phenoxy) is 2. The molecule has 0 saturated carbocycles. The molecule has 0 aliphatic rings. The lowest BCUT2D eigenvalue weighted by Gasteiger charge is -2.29. The molecule has 0 N–H and O–H groups in total. The first-order valence-electron chi connectivity index (χ1n) is 5.54. The summed E-state index contributed by atoms with van der Waals surface area (Å²) in [5.41, 5.74) is -1.19. The van der Waals surface area contributed by atoms with Crippen LogP contribution in [-0.2, 0) is 19.1 Å². The third-order valence-electron chi connectivity index (χ3n) is 2.51. The molecule has 0 aliphatic carbocycles. The van der Waals surface area contributed by atoms with Crippen molar-refractivity contribution in [1.29, 1.82) is 0 Å². The van der Waals surface area contributed by atoms with Crippen molar-refractivity contribution in [3.63, 3.8) is 0 Å². The van der Waals surface area contributed by atoms with Gasteiger partial charge in [0.15, 0.2) is 5.41 Å². The highest BCUT2D eigenvalue weighted by atomic mass is 32.2. The van der Waals surface area contributed by atoms with Crippen molar-refractivity contribution in [2.75, 3.05) is 20.0 Å². The quantitative estimate of drug-likeness (QED) is 0.562. The van der Waals surface area contributed by atoms with E-state index in [-0.39, 0.29) is 4.75 Å². The van der Waals surface area contributed by atoms with E-state index in [4.69, 9.17) is 9.47 Å². The Kier molecular flexibility index (Phi) is 6.02. The third kappa shape index (κ3) is 4.22. The van der Waals surface area contributed by atoms with E-state index in [0.29, 0.717) is 12.2 Å². The predicted octanol–water partition coefficient (Wildman–Crippen LogP) is 2.26. The highest BCUT2D eigenvalue weighted by molar-refractivity contribution is 8.00. The molecule has 0 saturated heterocycles. The van der Waals surface area contributed by atoms with Crippen LogP contribution in [0.2, 0.25) is 0 Å². The normalized spacial score (nSPS) is 12.1. The second kappa shape index (κ2) is 6.28. The Morgan fingerprint density at radius 2 is 1.47 bits per heavy atom. The number of hydrogen-bond acceptors (Lipinski definition) is 5. The topological polar surface area (TPSA) is 52.6 Å². The smallest absolute Gasteiger partial charge is 0.324 e. The lowest BCUT2D eigenvalue weighted by Crippen LogP contribution is -2.43. The van der Waals surface area contributed by atoms with Gasteiger partial charge < -0.3 is 9.47 Å². The Morgan fingerprint density at radius 3 is 1.71 bits per heavy atom. The number of esters is 2. The van der Waals surface area contributed by atoms with Gasteiger partial charge in [0, 0.05) is 10.5 Å². The van der Waals surface area contributed by atoms with Crippen molar-refractivity contribution in [2.45, 2.75) is 38.9 Å². The second-order valence-corrected chi connectivity index (χ2v) is 6.62. The fourth-order valence-corrected chi connectivity index (χ4v) is 2.44. The van der Waals surface area contributed by atoms with Crippen molar-refractivity contribution in [1.82, 2.24) is 0 Å². The first-order chi connectivity index (χ1) is 7.73. The number of thioether (sulfide) groups is 1. The van der Waals surface area contributed by atoms with Crippen molar-refractivity contribution in [2.24, 2.45) is 5.41 Å². The van der Waals surface area contributed by atoms with Crippen LogP contribution in [-0.4, -0.2) is 36.7 Å². The van der Waals surface area contributed by atoms with E-state index in [9.17, 15) is 9.59 Å². The summed E-state index contributed by atoms with van der Waals surface area (Å²) < 4.78 is 9.46. The van der Waals surface area contributed by atoms with Gasteiger partial charge in [0.1, 0.15) is 0 Å². The average molecular weight is 262 g/mol. The van der Waals surface area contributed by atoms with E-state index >= 15 is 0 Å². The second-order valence-electron chi connectivity index (χ2n) is 4.82. The van der Waals surface area contributed by atoms with E-state index in [1.54, 1.807) is 18.7 Å². The molecule has 0 rings (SSSR count). The summed E-state index contributed by atoms with van der Waals surface area (Å²) in [6.07, 6.45) is 0.370. The van der Waals surface area contributed by atoms with E-state index in [1.807, 2.05) is 20.8 Å². The third-order valence-corrected chi connectivity index (χ3v) is 4.01. The van der Waals surface area contributed by atoms with Crippen molar-refractivity contribution in [3.8, 4) is 0 Å². The number of rotatable bonds is 5. The minimum absolute atomic E-state index is 0.0253. The van der Waals surface area contributed by atoms with Gasteiger partial charge in [0.05, 0.1) is 14.2 Å². The average Bonchev–Trinajstić information content (AvgIpc) is 2.27. The zero-order valence-electron chi connectivity index (χ0n) is 11.5. The first-order valence-corrected chi connectivity index (χ1v) is 6.53. The molecule has 0 aromatic carbocycles. The van der Waals surface area contributed by atoms with Crippen LogP contribution in [0.4, 0.5) is 0 Å². The van der Waals surface area contributed by atoms with Crippen LogP contribution in [0.15, 0.2) is 0 Å². The summed E-state index contributed by atoms with van der Waals surface area (Å²) in [6, 6.07) is 0. The lowest BCUT2D eigenvalue weighted by molar-refractivity contribution is -0.167.